The average Bonchev–Trinajstić information content (AvgIpc) is 0.765. The molecule has 5 aromatic carbocycles. The maximum absolute atomic E-state index is 13.2. The fraction of sp³-hybridized carbons (Fsp3) is 0.108. The number of nitrogens with one attached hydrogen (secondary N) is 10. The molecule has 144 heavy (non-hydrogen) atoms. The number of carbonyl (C=O) groups excluding carboxylic acids is 5. The van der Waals surface area contributed by atoms with Crippen molar-refractivity contribution < 1.29 is 55.8 Å². The number of hydrogen-bond acceptors (Lipinski definition) is 21. The predicted molar refractivity (Wildman–Crippen MR) is 522 cm³/mol. The number of pyridine rings is 10. The van der Waals surface area contributed by atoms with Gasteiger partial charge in [0.05, 0.1) is 87.5 Å². The number of amides is 5. The standard InChI is InChI=1S/5C20H16FN5O2.C2H4O2/c5*1-23-19(27)14-10-15-18(24-16-4-2-3-9-25(16)20(15)28)26(17(14)22)11-12-5-7-13(21)8-6-12;1-2(3)4/h5*2-10,22H,11H2,1H3,(H,23,27);1H3,(H,3,4). The van der Waals surface area contributed by atoms with Gasteiger partial charge in [0.25, 0.3) is 63.3 Å². The summed E-state index contributed by atoms with van der Waals surface area (Å²) in [6, 6.07) is 62.0. The molecule has 42 heteroatoms. The van der Waals surface area contributed by atoms with Crippen LogP contribution in [0.3, 0.4) is 0 Å². The highest BCUT2D eigenvalue weighted by Crippen LogP contribution is 2.22. The van der Waals surface area contributed by atoms with Crippen molar-refractivity contribution in [3.05, 3.63) is 438 Å². The normalized spacial score (nSPS) is 10.9. The molecule has 0 aliphatic carbocycles. The Labute approximate surface area is 806 Å². The van der Waals surface area contributed by atoms with Gasteiger partial charge in [-0.05, 0) is 179 Å². The van der Waals surface area contributed by atoms with E-state index < -0.39 is 35.5 Å². The van der Waals surface area contributed by atoms with Crippen molar-refractivity contribution in [2.75, 3.05) is 35.2 Å². The molecule has 0 aliphatic rings. The Morgan fingerprint density at radius 1 is 0.264 bits per heavy atom. The lowest BCUT2D eigenvalue weighted by atomic mass is 10.1. The van der Waals surface area contributed by atoms with Crippen molar-refractivity contribution in [1.82, 2.24) is 96.3 Å². The molecule has 0 aliphatic heterocycles. The predicted octanol–water partition coefficient (Wildman–Crippen LogP) is 8.47. The van der Waals surface area contributed by atoms with E-state index in [9.17, 15) is 69.9 Å². The highest BCUT2D eigenvalue weighted by Gasteiger charge is 2.25. The van der Waals surface area contributed by atoms with Crippen molar-refractivity contribution in [3.8, 4) is 0 Å². The fourth-order valence-electron chi connectivity index (χ4n) is 15.6. The molecule has 5 amide bonds. The number of carboxylic acids is 1. The topological polar surface area (TPSA) is 499 Å². The van der Waals surface area contributed by atoms with Crippen LogP contribution < -0.4 is 81.8 Å². The molecule has 20 aromatic rings. The Bertz CT molecular complexity index is 8040. The number of carbonyl (C=O) groups is 6. The number of fused-ring (bicyclic) bond motifs is 10. The van der Waals surface area contributed by atoms with Gasteiger partial charge in [0, 0.05) is 73.1 Å². The minimum Gasteiger partial charge on any atom is -0.481 e. The molecule has 37 nitrogen and oxygen atoms in total. The summed E-state index contributed by atoms with van der Waals surface area (Å²) in [5.41, 5.74) is 5.40. The number of aliphatic carboxylic acids is 1. The summed E-state index contributed by atoms with van der Waals surface area (Å²) >= 11 is 0. The maximum Gasteiger partial charge on any atom is 0.300 e. The van der Waals surface area contributed by atoms with Crippen LogP contribution in [0.1, 0.15) is 86.5 Å². The number of halogens is 5. The van der Waals surface area contributed by atoms with E-state index in [0.29, 0.717) is 56.1 Å². The average molecular weight is 1950 g/mol. The third-order valence-corrected chi connectivity index (χ3v) is 22.7. The van der Waals surface area contributed by atoms with Crippen LogP contribution in [-0.4, -0.2) is 146 Å². The number of rotatable bonds is 15. The van der Waals surface area contributed by atoms with Gasteiger partial charge in [-0.3, -0.25) is 102 Å². The summed E-state index contributed by atoms with van der Waals surface area (Å²) in [5, 5.41) is 63.5. The van der Waals surface area contributed by atoms with Gasteiger partial charge in [-0.2, -0.15) is 0 Å². The summed E-state index contributed by atoms with van der Waals surface area (Å²) in [7, 11) is 7.30. The molecule has 0 fully saturated rings. The van der Waals surface area contributed by atoms with Crippen LogP contribution in [0.4, 0.5) is 22.0 Å². The second-order valence-corrected chi connectivity index (χ2v) is 31.9. The number of aromatic nitrogens is 15. The molecule has 15 heterocycles. The van der Waals surface area contributed by atoms with E-state index >= 15 is 0 Å². The summed E-state index contributed by atoms with van der Waals surface area (Å²) in [4.78, 5) is 158. The molecular weight excluding hydrogens is 1860 g/mol. The van der Waals surface area contributed by atoms with Crippen molar-refractivity contribution in [3.63, 3.8) is 0 Å². The van der Waals surface area contributed by atoms with Gasteiger partial charge in [-0.25, -0.2) is 46.9 Å². The van der Waals surface area contributed by atoms with Gasteiger partial charge in [0.1, 0.15) is 113 Å². The SMILES string of the molecule is CC(=O)O.CNC(=O)c1cc2c(=O)n3ccccc3nc2n(Cc2ccc(F)cc2)c1=N.CNC(=O)c1cc2c(=O)n3ccccc3nc2n(Cc2ccc(F)cc2)c1=N.CNC(=O)c1cc2c(=O)n3ccccc3nc2n(Cc2ccc(F)cc2)c1=N.CNC(=O)c1cc2c(=O)n3ccccc3nc2n(Cc2ccc(F)cc2)c1=N.CNC(=O)c1cc2c(=O)n3ccccc3nc2n(Cc2ccc(F)cc2)c1=N. The van der Waals surface area contributed by atoms with Crippen LogP contribution >= 0.6 is 0 Å². The van der Waals surface area contributed by atoms with Crippen LogP contribution in [0.15, 0.2) is 298 Å². The monoisotopic (exact) mass is 1950 g/mol. The first kappa shape index (κ1) is 98.9. The van der Waals surface area contributed by atoms with E-state index in [1.165, 1.54) is 171 Å². The highest BCUT2D eigenvalue weighted by molar-refractivity contribution is 6.00. The lowest BCUT2D eigenvalue weighted by Gasteiger charge is -2.14. The Hall–Kier alpha value is -19.6. The zero-order valence-electron chi connectivity index (χ0n) is 77.1. The van der Waals surface area contributed by atoms with Gasteiger partial charge < -0.3 is 54.5 Å². The van der Waals surface area contributed by atoms with Crippen LogP contribution in [0, 0.1) is 56.1 Å². The molecule has 15 aromatic heterocycles. The molecule has 11 N–H and O–H groups in total. The Kier molecular flexibility index (Phi) is 29.2. The molecule has 0 atom stereocenters. The number of nitrogens with zero attached hydrogens (tertiary/aromatic N) is 15. The first-order valence-corrected chi connectivity index (χ1v) is 43.7. The van der Waals surface area contributed by atoms with Crippen LogP contribution in [0.5, 0.6) is 0 Å². The zero-order chi connectivity index (χ0) is 103. The van der Waals surface area contributed by atoms with Gasteiger partial charge >= 0.3 is 0 Å². The van der Waals surface area contributed by atoms with Crippen LogP contribution in [0.25, 0.3) is 83.4 Å². The number of benzene rings is 5. The van der Waals surface area contributed by atoms with Crippen molar-refractivity contribution in [2.24, 2.45) is 0 Å². The molecule has 0 radical (unpaired) electrons. The van der Waals surface area contributed by atoms with Crippen molar-refractivity contribution >= 4 is 119 Å². The Balaban J connectivity index is 0.000000134. The quantitative estimate of drug-likeness (QED) is 0.0338. The summed E-state index contributed by atoms with van der Waals surface area (Å²) in [6.07, 6.45) is 8.00. The minimum absolute atomic E-state index is 0.0619. The second-order valence-electron chi connectivity index (χ2n) is 31.9. The molecule has 0 unspecified atom stereocenters. The van der Waals surface area contributed by atoms with E-state index in [0.717, 1.165) is 6.92 Å². The molecular formula is C102H84F5N25O12. The van der Waals surface area contributed by atoms with Gasteiger partial charge in [0.15, 0.2) is 0 Å². The summed E-state index contributed by atoms with van der Waals surface area (Å²) in [5.74, 6) is -5.05. The minimum atomic E-state index is -0.833. The molecule has 0 saturated heterocycles. The lowest BCUT2D eigenvalue weighted by Crippen LogP contribution is -2.34. The van der Waals surface area contributed by atoms with E-state index in [-0.39, 0.29) is 200 Å². The highest BCUT2D eigenvalue weighted by atomic mass is 19.1. The molecule has 0 bridgehead atoms. The maximum atomic E-state index is 13.2. The summed E-state index contributed by atoms with van der Waals surface area (Å²) < 4.78 is 80.6. The lowest BCUT2D eigenvalue weighted by molar-refractivity contribution is -0.134. The van der Waals surface area contributed by atoms with E-state index in [2.05, 4.69) is 51.5 Å². The number of hydrogen-bond donors (Lipinski definition) is 11. The Morgan fingerprint density at radius 2 is 0.410 bits per heavy atom. The first-order chi connectivity index (χ1) is 69.2. The van der Waals surface area contributed by atoms with Crippen LogP contribution in [0.2, 0.25) is 0 Å². The second kappa shape index (κ2) is 42.6. The van der Waals surface area contributed by atoms with Gasteiger partial charge in [0.2, 0.25) is 0 Å². The van der Waals surface area contributed by atoms with E-state index in [1.807, 2.05) is 0 Å². The molecule has 0 saturated carbocycles. The summed E-state index contributed by atoms with van der Waals surface area (Å²) in [6.45, 7) is 1.90. The van der Waals surface area contributed by atoms with E-state index in [1.54, 1.807) is 183 Å². The first-order valence-electron chi connectivity index (χ1n) is 43.7. The van der Waals surface area contributed by atoms with Gasteiger partial charge in [-0.1, -0.05) is 91.0 Å². The Morgan fingerprint density at radius 3 is 0.549 bits per heavy atom. The molecule has 0 spiro atoms. The molecule has 724 valence electrons. The molecule has 20 rings (SSSR count). The van der Waals surface area contributed by atoms with Crippen molar-refractivity contribution in [1.29, 1.82) is 27.0 Å². The smallest absolute Gasteiger partial charge is 0.300 e. The van der Waals surface area contributed by atoms with Gasteiger partial charge in [-0.15, -0.1) is 0 Å². The number of carboxylic acid groups (broad SMARTS) is 1. The van der Waals surface area contributed by atoms with Crippen LogP contribution in [-0.2, 0) is 37.5 Å². The third kappa shape index (κ3) is 20.7. The zero-order valence-corrected chi connectivity index (χ0v) is 77.1. The largest absolute Gasteiger partial charge is 0.481 e. The third-order valence-electron chi connectivity index (χ3n) is 22.7. The van der Waals surface area contributed by atoms with Crippen molar-refractivity contribution in [2.45, 2.75) is 39.6 Å². The van der Waals surface area contributed by atoms with E-state index in [4.69, 9.17) is 36.9 Å². The fourth-order valence-corrected chi connectivity index (χ4v) is 15.6.